The molecule has 3 aromatic carbocycles. The Morgan fingerprint density at radius 3 is 2.46 bits per heavy atom. The van der Waals surface area contributed by atoms with E-state index in [0.717, 1.165) is 23.7 Å². The first-order valence-corrected chi connectivity index (χ1v) is 13.2. The van der Waals surface area contributed by atoms with Crippen molar-refractivity contribution >= 4 is 23.3 Å². The second-order valence-corrected chi connectivity index (χ2v) is 11.0. The minimum absolute atomic E-state index is 0.0119. The summed E-state index contributed by atoms with van der Waals surface area (Å²) in [6.45, 7) is 7.12. The number of carbonyl (C=O) groups is 2. The van der Waals surface area contributed by atoms with Crippen LogP contribution in [-0.2, 0) is 24.9 Å². The molecule has 1 aliphatic heterocycles. The van der Waals surface area contributed by atoms with Crippen molar-refractivity contribution in [3.63, 3.8) is 0 Å². The van der Waals surface area contributed by atoms with Gasteiger partial charge in [-0.25, -0.2) is 13.5 Å². The number of nitrogens with one attached hydrogen (secondary N) is 2. The summed E-state index contributed by atoms with van der Waals surface area (Å²) in [6, 6.07) is 15.4. The Labute approximate surface area is 236 Å². The van der Waals surface area contributed by atoms with Gasteiger partial charge < -0.3 is 21.1 Å². The Morgan fingerprint density at radius 2 is 1.80 bits per heavy atom. The van der Waals surface area contributed by atoms with Crippen molar-refractivity contribution in [3.05, 3.63) is 94.0 Å². The van der Waals surface area contributed by atoms with Gasteiger partial charge in [0, 0.05) is 24.3 Å². The molecule has 0 fully saturated rings. The summed E-state index contributed by atoms with van der Waals surface area (Å²) in [5.74, 6) is -3.36. The number of aryl methyl sites for hydroxylation is 2. The molecule has 0 radical (unpaired) electrons. The third-order valence-corrected chi connectivity index (χ3v) is 7.20. The molecule has 10 heteroatoms. The molecule has 8 nitrogen and oxygen atoms in total. The number of ether oxygens (including phenoxy) is 1. The highest BCUT2D eigenvalue weighted by Crippen LogP contribution is 2.36. The maximum Gasteiger partial charge on any atom is 0.258 e. The Balaban J connectivity index is 1.38. The van der Waals surface area contributed by atoms with Gasteiger partial charge in [-0.3, -0.25) is 9.59 Å². The first-order chi connectivity index (χ1) is 19.5. The second kappa shape index (κ2) is 10.7. The zero-order chi connectivity index (χ0) is 29.5. The van der Waals surface area contributed by atoms with Crippen LogP contribution >= 0.6 is 0 Å². The fourth-order valence-electron chi connectivity index (χ4n) is 4.89. The van der Waals surface area contributed by atoms with Crippen molar-refractivity contribution in [2.24, 2.45) is 5.73 Å². The van der Waals surface area contributed by atoms with Crippen LogP contribution in [0.5, 0.6) is 5.75 Å². The first kappa shape index (κ1) is 27.8. The van der Waals surface area contributed by atoms with E-state index in [1.807, 2.05) is 6.07 Å². The van der Waals surface area contributed by atoms with Crippen molar-refractivity contribution in [1.82, 2.24) is 15.1 Å². The molecule has 0 aliphatic carbocycles. The third-order valence-electron chi connectivity index (χ3n) is 7.20. The van der Waals surface area contributed by atoms with Gasteiger partial charge in [-0.05, 0) is 46.7 Å². The fourth-order valence-corrected chi connectivity index (χ4v) is 4.89. The van der Waals surface area contributed by atoms with Gasteiger partial charge in [0.25, 0.3) is 11.8 Å². The van der Waals surface area contributed by atoms with Gasteiger partial charge in [0.2, 0.25) is 0 Å². The number of rotatable bonds is 6. The van der Waals surface area contributed by atoms with Gasteiger partial charge in [0.05, 0.1) is 7.11 Å². The molecule has 212 valence electrons. The zero-order valence-electron chi connectivity index (χ0n) is 23.3. The van der Waals surface area contributed by atoms with Crippen LogP contribution in [0.1, 0.15) is 58.2 Å². The molecule has 41 heavy (non-hydrogen) atoms. The van der Waals surface area contributed by atoms with Gasteiger partial charge in [0.15, 0.2) is 11.6 Å². The summed E-state index contributed by atoms with van der Waals surface area (Å²) >= 11 is 0. The van der Waals surface area contributed by atoms with Gasteiger partial charge in [-0.2, -0.15) is 5.10 Å². The van der Waals surface area contributed by atoms with E-state index in [1.165, 1.54) is 18.7 Å². The first-order valence-electron chi connectivity index (χ1n) is 13.2. The third kappa shape index (κ3) is 5.37. The van der Waals surface area contributed by atoms with Crippen molar-refractivity contribution in [1.29, 1.82) is 0 Å². The minimum Gasteiger partial charge on any atom is -0.496 e. The van der Waals surface area contributed by atoms with E-state index in [4.69, 9.17) is 15.6 Å². The summed E-state index contributed by atoms with van der Waals surface area (Å²) in [6.07, 6.45) is 0.730. The average molecular weight is 560 g/mol. The van der Waals surface area contributed by atoms with E-state index in [2.05, 4.69) is 43.5 Å². The lowest BCUT2D eigenvalue weighted by molar-refractivity contribution is 0.0941. The average Bonchev–Trinajstić information content (AvgIpc) is 3.20. The van der Waals surface area contributed by atoms with Crippen LogP contribution in [0.3, 0.4) is 0 Å². The molecule has 5 rings (SSSR count). The Morgan fingerprint density at radius 1 is 1.07 bits per heavy atom. The number of primary amides is 1. The number of carbonyl (C=O) groups excluding carboxylic acids is 2. The lowest BCUT2D eigenvalue weighted by atomic mass is 9.85. The maximum atomic E-state index is 14.3. The number of methoxy groups -OCH3 is 1. The Bertz CT molecular complexity index is 1660. The molecule has 2 heterocycles. The molecule has 0 bridgehead atoms. The molecule has 0 unspecified atom stereocenters. The largest absolute Gasteiger partial charge is 0.496 e. The van der Waals surface area contributed by atoms with Crippen molar-refractivity contribution < 1.29 is 23.1 Å². The highest BCUT2D eigenvalue weighted by molar-refractivity contribution is 6.04. The van der Waals surface area contributed by atoms with Crippen LogP contribution in [-0.4, -0.2) is 28.7 Å². The molecule has 0 spiro atoms. The number of halogens is 2. The van der Waals surface area contributed by atoms with E-state index in [-0.39, 0.29) is 23.3 Å². The van der Waals surface area contributed by atoms with Crippen LogP contribution in [0.4, 0.5) is 20.3 Å². The second-order valence-electron chi connectivity index (χ2n) is 11.0. The molecule has 4 N–H and O–H groups in total. The molecule has 0 saturated carbocycles. The van der Waals surface area contributed by atoms with E-state index >= 15 is 0 Å². The topological polar surface area (TPSA) is 111 Å². The normalized spacial score (nSPS) is 12.5. The quantitative estimate of drug-likeness (QED) is 0.290. The van der Waals surface area contributed by atoms with E-state index < -0.39 is 29.0 Å². The number of amides is 2. The predicted octanol–water partition coefficient (Wildman–Crippen LogP) is 5.46. The Hall–Kier alpha value is -4.73. The number of hydrogen-bond donors (Lipinski definition) is 3. The van der Waals surface area contributed by atoms with Crippen LogP contribution < -0.4 is 21.1 Å². The summed E-state index contributed by atoms with van der Waals surface area (Å²) in [5.41, 5.74) is 10.7. The molecule has 2 amide bonds. The van der Waals surface area contributed by atoms with E-state index in [9.17, 15) is 18.4 Å². The molecule has 0 saturated heterocycles. The van der Waals surface area contributed by atoms with Crippen molar-refractivity contribution in [3.8, 4) is 17.0 Å². The number of fused-ring (bicyclic) bond motifs is 2. The highest BCUT2D eigenvalue weighted by Gasteiger charge is 2.27. The molecule has 1 aliphatic rings. The van der Waals surface area contributed by atoms with Gasteiger partial charge in [-0.1, -0.05) is 57.2 Å². The van der Waals surface area contributed by atoms with Gasteiger partial charge in [-0.15, -0.1) is 0 Å². The van der Waals surface area contributed by atoms with Gasteiger partial charge >= 0.3 is 0 Å². The maximum absolute atomic E-state index is 14.3. The van der Waals surface area contributed by atoms with Crippen molar-refractivity contribution in [2.75, 3.05) is 12.4 Å². The lowest BCUT2D eigenvalue weighted by Gasteiger charge is -2.21. The SMILES string of the molecule is COc1ccc(F)c(F)c1C(=O)NCc1ccc(-c2nn3c(c2C(N)=O)Nc2ccc(C(C)(C)C)cc2CC3)cc1. The minimum atomic E-state index is -1.28. The molecule has 1 aromatic heterocycles. The van der Waals surface area contributed by atoms with Crippen molar-refractivity contribution in [2.45, 2.75) is 45.7 Å². The van der Waals surface area contributed by atoms with Crippen LogP contribution in [0.15, 0.2) is 54.6 Å². The summed E-state index contributed by atoms with van der Waals surface area (Å²) in [5, 5.41) is 10.7. The fraction of sp³-hybridized carbons (Fsp3) is 0.258. The molecular weight excluding hydrogens is 528 g/mol. The van der Waals surface area contributed by atoms with Crippen LogP contribution in [0.2, 0.25) is 0 Å². The highest BCUT2D eigenvalue weighted by atomic mass is 19.2. The number of anilines is 2. The number of benzene rings is 3. The zero-order valence-corrected chi connectivity index (χ0v) is 23.3. The summed E-state index contributed by atoms with van der Waals surface area (Å²) in [7, 11) is 1.27. The number of nitrogens with two attached hydrogens (primary N) is 1. The van der Waals surface area contributed by atoms with Gasteiger partial charge in [0.1, 0.15) is 28.4 Å². The number of nitrogens with zero attached hydrogens (tertiary/aromatic N) is 2. The number of hydrogen-bond acceptors (Lipinski definition) is 5. The van der Waals surface area contributed by atoms with E-state index in [0.29, 0.717) is 29.2 Å². The summed E-state index contributed by atoms with van der Waals surface area (Å²) < 4.78 is 34.7. The summed E-state index contributed by atoms with van der Waals surface area (Å²) in [4.78, 5) is 25.2. The molecule has 4 aromatic rings. The molecular formula is C31H31F2N5O3. The number of aromatic nitrogens is 2. The van der Waals surface area contributed by atoms with E-state index in [1.54, 1.807) is 28.9 Å². The lowest BCUT2D eigenvalue weighted by Crippen LogP contribution is -2.25. The predicted molar refractivity (Wildman–Crippen MR) is 152 cm³/mol. The standard InChI is InChI=1S/C31H31F2N5O3/c1-31(2,3)20-9-11-22-19(15-20)13-14-38-29(36-22)25(28(34)39)27(37-38)18-7-5-17(6-8-18)16-35-30(40)24-23(41-4)12-10-21(32)26(24)33/h5-12,15,36H,13-14,16H2,1-4H3,(H2,34,39)(H,35,40). The molecule has 0 atom stereocenters. The van der Waals surface area contributed by atoms with Crippen LogP contribution in [0, 0.1) is 11.6 Å². The smallest absolute Gasteiger partial charge is 0.258 e. The monoisotopic (exact) mass is 559 g/mol. The Kier molecular flexibility index (Phi) is 7.25. The van der Waals surface area contributed by atoms with Crippen LogP contribution in [0.25, 0.3) is 11.3 Å².